The normalized spacial score (nSPS) is 21.7. The van der Waals surface area contributed by atoms with Crippen LogP contribution in [0, 0.1) is 16.7 Å². The highest BCUT2D eigenvalue weighted by molar-refractivity contribution is 5.84. The van der Waals surface area contributed by atoms with E-state index in [0.29, 0.717) is 0 Å². The average Bonchev–Trinajstić information content (AvgIpc) is 2.77. The van der Waals surface area contributed by atoms with Crippen LogP contribution in [0.25, 0.3) is 0 Å². The molecular weight excluding hydrogens is 238 g/mol. The van der Waals surface area contributed by atoms with Crippen LogP contribution in [0.4, 0.5) is 0 Å². The van der Waals surface area contributed by atoms with Crippen LogP contribution in [-0.4, -0.2) is 17.6 Å². The number of aliphatic hydroxyl groups is 1. The van der Waals surface area contributed by atoms with E-state index in [1.165, 1.54) is 0 Å². The summed E-state index contributed by atoms with van der Waals surface area (Å²) >= 11 is 0. The highest BCUT2D eigenvalue weighted by Crippen LogP contribution is 2.68. The van der Waals surface area contributed by atoms with E-state index in [9.17, 15) is 9.90 Å². The van der Waals surface area contributed by atoms with Crippen molar-refractivity contribution in [3.8, 4) is 0 Å². The number of nitrogens with one attached hydrogen (secondary N) is 1. The van der Waals surface area contributed by atoms with E-state index in [-0.39, 0.29) is 29.2 Å². The van der Waals surface area contributed by atoms with Crippen molar-refractivity contribution >= 4 is 5.91 Å². The second-order valence-electron chi connectivity index (χ2n) is 6.55. The van der Waals surface area contributed by atoms with E-state index in [2.05, 4.69) is 33.0 Å². The molecule has 1 aromatic rings. The van der Waals surface area contributed by atoms with E-state index in [0.717, 1.165) is 5.56 Å². The molecule has 1 aromatic carbocycles. The van der Waals surface area contributed by atoms with Gasteiger partial charge in [-0.3, -0.25) is 4.79 Å². The molecule has 0 aliphatic heterocycles. The minimum Gasteiger partial charge on any atom is -0.387 e. The first-order valence-electron chi connectivity index (χ1n) is 6.79. The Hall–Kier alpha value is -1.35. The highest BCUT2D eigenvalue weighted by atomic mass is 16.3. The Morgan fingerprint density at radius 3 is 2.21 bits per heavy atom. The fourth-order valence-electron chi connectivity index (χ4n) is 2.94. The summed E-state index contributed by atoms with van der Waals surface area (Å²) in [5, 5.41) is 12.9. The predicted molar refractivity (Wildman–Crippen MR) is 75.5 cm³/mol. The standard InChI is InChI=1S/C16H23NO2/c1-15(2)13(16(15,3)4)14(19)17-10-12(18)11-8-6-5-7-9-11/h5-9,12-13,18H,10H2,1-4H3,(H,17,19). The molecule has 3 nitrogen and oxygen atoms in total. The molecular formula is C16H23NO2. The first-order valence-corrected chi connectivity index (χ1v) is 6.79. The van der Waals surface area contributed by atoms with Gasteiger partial charge in [0.1, 0.15) is 0 Å². The van der Waals surface area contributed by atoms with Crippen molar-refractivity contribution < 1.29 is 9.90 Å². The Morgan fingerprint density at radius 2 is 1.74 bits per heavy atom. The molecule has 1 fully saturated rings. The summed E-state index contributed by atoms with van der Waals surface area (Å²) in [5.74, 6) is 0.0768. The van der Waals surface area contributed by atoms with Crippen molar-refractivity contribution in [2.45, 2.75) is 33.8 Å². The van der Waals surface area contributed by atoms with Crippen molar-refractivity contribution in [2.75, 3.05) is 6.54 Å². The van der Waals surface area contributed by atoms with Gasteiger partial charge in [-0.15, -0.1) is 0 Å². The number of carbonyl (C=O) groups excluding carboxylic acids is 1. The predicted octanol–water partition coefficient (Wildman–Crippen LogP) is 2.52. The zero-order valence-electron chi connectivity index (χ0n) is 12.1. The topological polar surface area (TPSA) is 49.3 Å². The quantitative estimate of drug-likeness (QED) is 0.875. The van der Waals surface area contributed by atoms with Crippen molar-refractivity contribution in [1.29, 1.82) is 0 Å². The number of benzene rings is 1. The number of amides is 1. The third-order valence-electron chi connectivity index (χ3n) is 4.94. The van der Waals surface area contributed by atoms with Gasteiger partial charge in [-0.05, 0) is 16.4 Å². The van der Waals surface area contributed by atoms with Gasteiger partial charge in [0.15, 0.2) is 0 Å². The fraction of sp³-hybridized carbons (Fsp3) is 0.562. The summed E-state index contributed by atoms with van der Waals surface area (Å²) in [5.41, 5.74) is 0.904. The van der Waals surface area contributed by atoms with E-state index in [1.54, 1.807) is 0 Å². The van der Waals surface area contributed by atoms with E-state index in [1.807, 2.05) is 30.3 Å². The maximum atomic E-state index is 12.2. The van der Waals surface area contributed by atoms with Crippen LogP contribution in [0.15, 0.2) is 30.3 Å². The summed E-state index contributed by atoms with van der Waals surface area (Å²) < 4.78 is 0. The van der Waals surface area contributed by atoms with Gasteiger partial charge < -0.3 is 10.4 Å². The highest BCUT2D eigenvalue weighted by Gasteiger charge is 2.68. The Morgan fingerprint density at radius 1 is 1.21 bits per heavy atom. The fourth-order valence-corrected chi connectivity index (χ4v) is 2.94. The van der Waals surface area contributed by atoms with E-state index < -0.39 is 6.10 Å². The molecule has 1 saturated carbocycles. The second-order valence-corrected chi connectivity index (χ2v) is 6.55. The molecule has 0 radical (unpaired) electrons. The molecule has 1 unspecified atom stereocenters. The molecule has 0 aromatic heterocycles. The van der Waals surface area contributed by atoms with E-state index >= 15 is 0 Å². The maximum Gasteiger partial charge on any atom is 0.224 e. The lowest BCUT2D eigenvalue weighted by Gasteiger charge is -2.12. The van der Waals surface area contributed by atoms with Crippen LogP contribution < -0.4 is 5.32 Å². The zero-order valence-corrected chi connectivity index (χ0v) is 12.1. The van der Waals surface area contributed by atoms with Crippen LogP contribution in [-0.2, 0) is 4.79 Å². The molecule has 19 heavy (non-hydrogen) atoms. The molecule has 0 saturated heterocycles. The van der Waals surface area contributed by atoms with Gasteiger partial charge >= 0.3 is 0 Å². The Balaban J connectivity index is 1.89. The third kappa shape index (κ3) is 2.39. The average molecular weight is 261 g/mol. The SMILES string of the molecule is CC1(C)C(C(=O)NCC(O)c2ccccc2)C1(C)C. The molecule has 104 valence electrons. The Bertz CT molecular complexity index is 451. The lowest BCUT2D eigenvalue weighted by Crippen LogP contribution is -2.31. The Labute approximate surface area is 115 Å². The van der Waals surface area contributed by atoms with Crippen molar-refractivity contribution in [2.24, 2.45) is 16.7 Å². The summed E-state index contributed by atoms with van der Waals surface area (Å²) in [4.78, 5) is 12.2. The molecule has 0 spiro atoms. The van der Waals surface area contributed by atoms with Crippen LogP contribution in [0.3, 0.4) is 0 Å². The van der Waals surface area contributed by atoms with Gasteiger partial charge in [0.05, 0.1) is 6.10 Å². The summed E-state index contributed by atoms with van der Waals surface area (Å²) in [6.45, 7) is 8.73. The zero-order chi connectivity index (χ0) is 14.3. The number of hydrogen-bond acceptors (Lipinski definition) is 2. The Kier molecular flexibility index (Phi) is 3.43. The summed E-state index contributed by atoms with van der Waals surface area (Å²) in [7, 11) is 0. The summed E-state index contributed by atoms with van der Waals surface area (Å²) in [6.07, 6.45) is -0.643. The van der Waals surface area contributed by atoms with Crippen molar-refractivity contribution in [3.05, 3.63) is 35.9 Å². The molecule has 1 atom stereocenters. The van der Waals surface area contributed by atoms with Crippen LogP contribution in [0.2, 0.25) is 0 Å². The molecule has 2 rings (SSSR count). The van der Waals surface area contributed by atoms with Gasteiger partial charge in [0.25, 0.3) is 0 Å². The second kappa shape index (κ2) is 4.64. The molecule has 1 amide bonds. The van der Waals surface area contributed by atoms with Gasteiger partial charge in [0, 0.05) is 12.5 Å². The number of aliphatic hydroxyl groups excluding tert-OH is 1. The first kappa shape index (κ1) is 14.1. The molecule has 1 aliphatic carbocycles. The largest absolute Gasteiger partial charge is 0.387 e. The molecule has 3 heteroatoms. The molecule has 2 N–H and O–H groups in total. The molecule has 0 bridgehead atoms. The monoisotopic (exact) mass is 261 g/mol. The minimum absolute atomic E-state index is 0.0305. The number of hydrogen-bond donors (Lipinski definition) is 2. The van der Waals surface area contributed by atoms with Crippen molar-refractivity contribution in [1.82, 2.24) is 5.32 Å². The smallest absolute Gasteiger partial charge is 0.224 e. The summed E-state index contributed by atoms with van der Waals surface area (Å²) in [6, 6.07) is 9.40. The molecule has 1 aliphatic rings. The lowest BCUT2D eigenvalue weighted by atomic mass is 10.0. The van der Waals surface area contributed by atoms with E-state index in [4.69, 9.17) is 0 Å². The van der Waals surface area contributed by atoms with Gasteiger partial charge in [0.2, 0.25) is 5.91 Å². The maximum absolute atomic E-state index is 12.2. The van der Waals surface area contributed by atoms with Crippen LogP contribution >= 0.6 is 0 Å². The van der Waals surface area contributed by atoms with Crippen molar-refractivity contribution in [3.63, 3.8) is 0 Å². The van der Waals surface area contributed by atoms with Gasteiger partial charge in [-0.1, -0.05) is 58.0 Å². The van der Waals surface area contributed by atoms with Gasteiger partial charge in [-0.2, -0.15) is 0 Å². The number of carbonyl (C=O) groups is 1. The van der Waals surface area contributed by atoms with Crippen LogP contribution in [0.5, 0.6) is 0 Å². The lowest BCUT2D eigenvalue weighted by molar-refractivity contribution is -0.123. The third-order valence-corrected chi connectivity index (χ3v) is 4.94. The minimum atomic E-state index is -0.643. The van der Waals surface area contributed by atoms with Crippen LogP contribution in [0.1, 0.15) is 39.4 Å². The number of rotatable bonds is 4. The molecule has 0 heterocycles. The van der Waals surface area contributed by atoms with Gasteiger partial charge in [-0.25, -0.2) is 0 Å². The first-order chi connectivity index (χ1) is 8.78.